The second kappa shape index (κ2) is 1.85. The standard InChI is InChI=1S/C5H7ClO/c6-4-2-1-3-5(4)7/h1-2,4-5,7H,3H2/t4-,5-/m1/s1. The van der Waals surface area contributed by atoms with E-state index < -0.39 is 0 Å². The molecule has 2 heteroatoms. The smallest absolute Gasteiger partial charge is 0.0778 e. The van der Waals surface area contributed by atoms with Crippen LogP contribution in [0.15, 0.2) is 12.2 Å². The molecule has 1 rings (SSSR count). The molecule has 1 aliphatic rings. The fourth-order valence-electron chi connectivity index (χ4n) is 0.606. The summed E-state index contributed by atoms with van der Waals surface area (Å²) in [5, 5.41) is 8.66. The molecule has 0 heterocycles. The Morgan fingerprint density at radius 1 is 1.71 bits per heavy atom. The predicted octanol–water partition coefficient (Wildman–Crippen LogP) is 0.915. The first-order valence-electron chi connectivity index (χ1n) is 2.29. The molecular weight excluding hydrogens is 112 g/mol. The molecule has 1 aliphatic carbocycles. The lowest BCUT2D eigenvalue weighted by Gasteiger charge is -2.01. The van der Waals surface area contributed by atoms with Crippen molar-refractivity contribution in [3.63, 3.8) is 0 Å². The number of aliphatic hydroxyl groups excluding tert-OH is 1. The Morgan fingerprint density at radius 2 is 2.43 bits per heavy atom. The predicted molar refractivity (Wildman–Crippen MR) is 29.4 cm³/mol. The summed E-state index contributed by atoms with van der Waals surface area (Å²) in [5.41, 5.74) is 0. The molecule has 0 saturated carbocycles. The van der Waals surface area contributed by atoms with Crippen molar-refractivity contribution in [2.75, 3.05) is 0 Å². The van der Waals surface area contributed by atoms with Gasteiger partial charge in [-0.05, 0) is 6.42 Å². The zero-order valence-electron chi connectivity index (χ0n) is 3.84. The summed E-state index contributed by atoms with van der Waals surface area (Å²) in [7, 11) is 0. The Labute approximate surface area is 47.6 Å². The van der Waals surface area contributed by atoms with Gasteiger partial charge < -0.3 is 5.11 Å². The molecule has 0 aromatic heterocycles. The molecule has 0 aromatic carbocycles. The van der Waals surface area contributed by atoms with Crippen molar-refractivity contribution in [3.8, 4) is 0 Å². The van der Waals surface area contributed by atoms with E-state index in [0.29, 0.717) is 6.42 Å². The van der Waals surface area contributed by atoms with Crippen molar-refractivity contribution in [2.45, 2.75) is 17.9 Å². The monoisotopic (exact) mass is 118 g/mol. The minimum Gasteiger partial charge on any atom is -0.391 e. The van der Waals surface area contributed by atoms with Crippen LogP contribution in [0, 0.1) is 0 Å². The lowest BCUT2D eigenvalue weighted by Crippen LogP contribution is -2.11. The van der Waals surface area contributed by atoms with Crippen molar-refractivity contribution in [1.29, 1.82) is 0 Å². The van der Waals surface area contributed by atoms with Gasteiger partial charge in [0.2, 0.25) is 0 Å². The molecular formula is C5H7ClO. The summed E-state index contributed by atoms with van der Waals surface area (Å²) >= 11 is 5.53. The Morgan fingerprint density at radius 3 is 2.57 bits per heavy atom. The van der Waals surface area contributed by atoms with E-state index in [0.717, 1.165) is 0 Å². The summed E-state index contributed by atoms with van der Waals surface area (Å²) in [4.78, 5) is 0. The number of hydrogen-bond acceptors (Lipinski definition) is 1. The number of rotatable bonds is 0. The minimum atomic E-state index is -0.332. The van der Waals surface area contributed by atoms with Crippen LogP contribution in [0.4, 0.5) is 0 Å². The van der Waals surface area contributed by atoms with E-state index in [4.69, 9.17) is 16.7 Å². The van der Waals surface area contributed by atoms with Gasteiger partial charge in [-0.25, -0.2) is 0 Å². The lowest BCUT2D eigenvalue weighted by molar-refractivity contribution is 0.192. The third kappa shape index (κ3) is 0.956. The molecule has 1 nitrogen and oxygen atoms in total. The molecule has 40 valence electrons. The molecule has 2 atom stereocenters. The first kappa shape index (κ1) is 5.13. The van der Waals surface area contributed by atoms with Gasteiger partial charge in [0.25, 0.3) is 0 Å². The maximum absolute atomic E-state index is 8.80. The molecule has 0 aromatic rings. The van der Waals surface area contributed by atoms with Gasteiger partial charge in [-0.3, -0.25) is 0 Å². The zero-order valence-corrected chi connectivity index (χ0v) is 4.60. The van der Waals surface area contributed by atoms with E-state index in [1.807, 2.05) is 12.2 Å². The Kier molecular flexibility index (Phi) is 1.35. The van der Waals surface area contributed by atoms with Crippen molar-refractivity contribution < 1.29 is 5.11 Å². The topological polar surface area (TPSA) is 20.2 Å². The van der Waals surface area contributed by atoms with E-state index in [1.165, 1.54) is 0 Å². The van der Waals surface area contributed by atoms with Crippen molar-refractivity contribution >= 4 is 11.6 Å². The van der Waals surface area contributed by atoms with E-state index in [2.05, 4.69) is 0 Å². The normalized spacial score (nSPS) is 39.7. The first-order valence-corrected chi connectivity index (χ1v) is 2.73. The molecule has 0 saturated heterocycles. The molecule has 0 spiro atoms. The SMILES string of the molecule is O[C@@H]1CC=C[C@H]1Cl. The highest BCUT2D eigenvalue weighted by molar-refractivity contribution is 6.22. The molecule has 0 bridgehead atoms. The average Bonchev–Trinajstić information content (AvgIpc) is 1.91. The molecule has 0 amide bonds. The lowest BCUT2D eigenvalue weighted by atomic mass is 10.3. The highest BCUT2D eigenvalue weighted by Gasteiger charge is 2.15. The Hall–Kier alpha value is -0.0100. The molecule has 1 N–H and O–H groups in total. The van der Waals surface area contributed by atoms with Gasteiger partial charge in [0.05, 0.1) is 11.5 Å². The summed E-state index contributed by atoms with van der Waals surface area (Å²) in [6.45, 7) is 0. The highest BCUT2D eigenvalue weighted by Crippen LogP contribution is 2.15. The van der Waals surface area contributed by atoms with Crippen LogP contribution in [0.2, 0.25) is 0 Å². The van der Waals surface area contributed by atoms with Crippen molar-refractivity contribution in [2.24, 2.45) is 0 Å². The van der Waals surface area contributed by atoms with E-state index in [1.54, 1.807) is 0 Å². The van der Waals surface area contributed by atoms with Crippen LogP contribution in [0.5, 0.6) is 0 Å². The first-order chi connectivity index (χ1) is 3.30. The third-order valence-corrected chi connectivity index (χ3v) is 1.50. The summed E-state index contributed by atoms with van der Waals surface area (Å²) in [6.07, 6.45) is 4.09. The highest BCUT2D eigenvalue weighted by atomic mass is 35.5. The second-order valence-electron chi connectivity index (χ2n) is 1.68. The largest absolute Gasteiger partial charge is 0.391 e. The minimum absolute atomic E-state index is 0.139. The maximum atomic E-state index is 8.80. The van der Waals surface area contributed by atoms with Crippen molar-refractivity contribution in [3.05, 3.63) is 12.2 Å². The van der Waals surface area contributed by atoms with E-state index >= 15 is 0 Å². The molecule has 0 aliphatic heterocycles. The molecule has 0 radical (unpaired) electrons. The van der Waals surface area contributed by atoms with Crippen LogP contribution in [0.3, 0.4) is 0 Å². The van der Waals surface area contributed by atoms with Gasteiger partial charge in [-0.2, -0.15) is 0 Å². The summed E-state index contributed by atoms with van der Waals surface area (Å²) < 4.78 is 0. The van der Waals surface area contributed by atoms with E-state index in [-0.39, 0.29) is 11.5 Å². The second-order valence-corrected chi connectivity index (χ2v) is 2.18. The van der Waals surface area contributed by atoms with Gasteiger partial charge in [-0.1, -0.05) is 12.2 Å². The van der Waals surface area contributed by atoms with Gasteiger partial charge in [-0.15, -0.1) is 11.6 Å². The van der Waals surface area contributed by atoms with Gasteiger partial charge >= 0.3 is 0 Å². The fourth-order valence-corrected chi connectivity index (χ4v) is 0.812. The molecule has 0 unspecified atom stereocenters. The average molecular weight is 119 g/mol. The zero-order chi connectivity index (χ0) is 5.28. The van der Waals surface area contributed by atoms with Crippen molar-refractivity contribution in [1.82, 2.24) is 0 Å². The van der Waals surface area contributed by atoms with Crippen LogP contribution in [-0.2, 0) is 0 Å². The van der Waals surface area contributed by atoms with Gasteiger partial charge in [0.1, 0.15) is 0 Å². The number of hydrogen-bond donors (Lipinski definition) is 1. The number of halogens is 1. The number of alkyl halides is 1. The Balaban J connectivity index is 2.45. The Bertz CT molecular complexity index is 90.1. The van der Waals surface area contributed by atoms with Crippen LogP contribution in [0.25, 0.3) is 0 Å². The molecule has 0 fully saturated rings. The summed E-state index contributed by atoms with van der Waals surface area (Å²) in [5.74, 6) is 0. The maximum Gasteiger partial charge on any atom is 0.0778 e. The molecule has 7 heavy (non-hydrogen) atoms. The van der Waals surface area contributed by atoms with Gasteiger partial charge in [0.15, 0.2) is 0 Å². The van der Waals surface area contributed by atoms with E-state index in [9.17, 15) is 0 Å². The quantitative estimate of drug-likeness (QED) is 0.370. The van der Waals surface area contributed by atoms with Crippen LogP contribution < -0.4 is 0 Å². The van der Waals surface area contributed by atoms with Crippen LogP contribution >= 0.6 is 11.6 Å². The van der Waals surface area contributed by atoms with Gasteiger partial charge in [0, 0.05) is 0 Å². The van der Waals surface area contributed by atoms with Crippen LogP contribution in [0.1, 0.15) is 6.42 Å². The fraction of sp³-hybridized carbons (Fsp3) is 0.600. The number of aliphatic hydroxyl groups is 1. The van der Waals surface area contributed by atoms with Crippen LogP contribution in [-0.4, -0.2) is 16.6 Å². The third-order valence-electron chi connectivity index (χ3n) is 1.07. The summed E-state index contributed by atoms with van der Waals surface area (Å²) in [6, 6.07) is 0.